The Balaban J connectivity index is 1.96. The van der Waals surface area contributed by atoms with Crippen LogP contribution in [0.2, 0.25) is 5.28 Å². The Morgan fingerprint density at radius 1 is 1.16 bits per heavy atom. The van der Waals surface area contributed by atoms with E-state index in [1.807, 2.05) is 0 Å². The van der Waals surface area contributed by atoms with Gasteiger partial charge < -0.3 is 0 Å². The SMILES string of the molecule is Cn1ncnc1Sc1nc(Cl)nc(-n2cncn2)n1. The van der Waals surface area contributed by atoms with Gasteiger partial charge in [0.05, 0.1) is 0 Å². The molecular weight excluding hydrogens is 290 g/mol. The number of halogens is 1. The minimum Gasteiger partial charge on any atom is -0.244 e. The summed E-state index contributed by atoms with van der Waals surface area (Å²) in [7, 11) is 1.77. The molecule has 0 N–H and O–H groups in total. The minimum absolute atomic E-state index is 0.0742. The maximum atomic E-state index is 5.87. The van der Waals surface area contributed by atoms with Gasteiger partial charge in [0.25, 0.3) is 5.95 Å². The number of hydrogen-bond acceptors (Lipinski definition) is 8. The van der Waals surface area contributed by atoms with Gasteiger partial charge in [-0.1, -0.05) is 0 Å². The van der Waals surface area contributed by atoms with Crippen LogP contribution in [0.25, 0.3) is 5.95 Å². The standard InChI is InChI=1S/C8H6ClN9S/c1-17-8(11-3-12-17)19-7-15-5(9)14-6(16-7)18-4-10-2-13-18/h2-4H,1H3. The summed E-state index contributed by atoms with van der Waals surface area (Å²) in [5.74, 6) is 0.294. The van der Waals surface area contributed by atoms with Crippen molar-refractivity contribution in [3.8, 4) is 5.95 Å². The maximum absolute atomic E-state index is 5.87. The number of nitrogens with zero attached hydrogens (tertiary/aromatic N) is 9. The molecular formula is C8H6ClN9S. The summed E-state index contributed by atoms with van der Waals surface area (Å²) in [5, 5.41) is 9.02. The third-order valence-corrected chi connectivity index (χ3v) is 3.14. The number of aryl methyl sites for hydroxylation is 1. The second-order valence-corrected chi connectivity index (χ2v) is 4.57. The van der Waals surface area contributed by atoms with Gasteiger partial charge in [-0.05, 0) is 23.4 Å². The molecule has 0 fully saturated rings. The van der Waals surface area contributed by atoms with Crippen LogP contribution in [-0.4, -0.2) is 44.5 Å². The highest BCUT2D eigenvalue weighted by molar-refractivity contribution is 7.99. The van der Waals surface area contributed by atoms with Gasteiger partial charge in [-0.2, -0.15) is 29.8 Å². The lowest BCUT2D eigenvalue weighted by atomic mass is 10.9. The van der Waals surface area contributed by atoms with Gasteiger partial charge in [0.15, 0.2) is 5.16 Å². The topological polar surface area (TPSA) is 100 Å². The van der Waals surface area contributed by atoms with Gasteiger partial charge >= 0.3 is 0 Å². The first-order chi connectivity index (χ1) is 9.22. The van der Waals surface area contributed by atoms with Crippen LogP contribution in [0.3, 0.4) is 0 Å². The van der Waals surface area contributed by atoms with Crippen molar-refractivity contribution in [1.82, 2.24) is 44.5 Å². The van der Waals surface area contributed by atoms with E-state index < -0.39 is 0 Å². The maximum Gasteiger partial charge on any atom is 0.257 e. The quantitative estimate of drug-likeness (QED) is 0.684. The fourth-order valence-electron chi connectivity index (χ4n) is 1.24. The molecule has 0 spiro atoms. The smallest absolute Gasteiger partial charge is 0.244 e. The van der Waals surface area contributed by atoms with E-state index in [1.54, 1.807) is 11.7 Å². The Bertz CT molecular complexity index is 694. The summed E-state index contributed by atoms with van der Waals surface area (Å²) in [6.45, 7) is 0. The van der Waals surface area contributed by atoms with Crippen molar-refractivity contribution in [3.63, 3.8) is 0 Å². The third kappa shape index (κ3) is 2.53. The van der Waals surface area contributed by atoms with Crippen molar-refractivity contribution in [3.05, 3.63) is 24.3 Å². The lowest BCUT2D eigenvalue weighted by Gasteiger charge is -2.02. The van der Waals surface area contributed by atoms with Gasteiger partial charge in [-0.25, -0.2) is 14.6 Å². The molecule has 3 aromatic rings. The highest BCUT2D eigenvalue weighted by atomic mass is 35.5. The molecule has 11 heteroatoms. The molecule has 0 bridgehead atoms. The Labute approximate surface area is 116 Å². The molecule has 0 atom stereocenters. The first-order valence-corrected chi connectivity index (χ1v) is 6.20. The zero-order chi connectivity index (χ0) is 13.2. The summed E-state index contributed by atoms with van der Waals surface area (Å²) in [6.07, 6.45) is 4.30. The molecule has 0 saturated carbocycles. The first kappa shape index (κ1) is 12.0. The summed E-state index contributed by atoms with van der Waals surface area (Å²) in [6, 6.07) is 0. The molecule has 0 aliphatic rings. The van der Waals surface area contributed by atoms with Crippen molar-refractivity contribution in [2.45, 2.75) is 10.3 Å². The van der Waals surface area contributed by atoms with Crippen molar-refractivity contribution < 1.29 is 0 Å². The molecule has 0 unspecified atom stereocenters. The summed E-state index contributed by atoms with van der Waals surface area (Å²) >= 11 is 7.09. The van der Waals surface area contributed by atoms with Gasteiger partial charge in [0.1, 0.15) is 19.0 Å². The molecule has 0 amide bonds. The molecule has 9 nitrogen and oxygen atoms in total. The lowest BCUT2D eigenvalue weighted by Crippen LogP contribution is -2.05. The zero-order valence-corrected chi connectivity index (χ0v) is 11.1. The van der Waals surface area contributed by atoms with Crippen LogP contribution in [0.5, 0.6) is 0 Å². The van der Waals surface area contributed by atoms with Crippen molar-refractivity contribution in [2.24, 2.45) is 7.05 Å². The van der Waals surface area contributed by atoms with Gasteiger partial charge in [-0.15, -0.1) is 0 Å². The molecule has 3 heterocycles. The molecule has 96 valence electrons. The largest absolute Gasteiger partial charge is 0.257 e. The fourth-order valence-corrected chi connectivity index (χ4v) is 2.15. The van der Waals surface area contributed by atoms with E-state index in [4.69, 9.17) is 11.6 Å². The molecule has 0 saturated heterocycles. The molecule has 3 rings (SSSR count). The lowest BCUT2D eigenvalue weighted by molar-refractivity contribution is 0.682. The number of rotatable bonds is 3. The average Bonchev–Trinajstić information content (AvgIpc) is 3.01. The van der Waals surface area contributed by atoms with Crippen LogP contribution >= 0.6 is 23.4 Å². The van der Waals surface area contributed by atoms with E-state index in [1.165, 1.54) is 35.4 Å². The molecule has 0 aliphatic heterocycles. The molecule has 0 radical (unpaired) electrons. The van der Waals surface area contributed by atoms with E-state index in [9.17, 15) is 0 Å². The van der Waals surface area contributed by atoms with Crippen LogP contribution in [-0.2, 0) is 7.05 Å². The van der Waals surface area contributed by atoms with Gasteiger partial charge in [0, 0.05) is 7.05 Å². The average molecular weight is 296 g/mol. The van der Waals surface area contributed by atoms with E-state index in [2.05, 4.69) is 35.1 Å². The minimum atomic E-state index is 0.0742. The van der Waals surface area contributed by atoms with Crippen LogP contribution in [0.1, 0.15) is 0 Å². The van der Waals surface area contributed by atoms with Crippen LogP contribution in [0, 0.1) is 0 Å². The van der Waals surface area contributed by atoms with Crippen molar-refractivity contribution >= 4 is 23.4 Å². The van der Waals surface area contributed by atoms with Crippen molar-refractivity contribution in [2.75, 3.05) is 0 Å². The predicted molar refractivity (Wildman–Crippen MR) is 64.9 cm³/mol. The van der Waals surface area contributed by atoms with E-state index in [0.717, 1.165) is 0 Å². The second-order valence-electron chi connectivity index (χ2n) is 3.30. The molecule has 0 aliphatic carbocycles. The Morgan fingerprint density at radius 2 is 2.05 bits per heavy atom. The fraction of sp³-hybridized carbons (Fsp3) is 0.125. The Hall–Kier alpha value is -2.07. The monoisotopic (exact) mass is 295 g/mol. The highest BCUT2D eigenvalue weighted by Crippen LogP contribution is 2.22. The van der Waals surface area contributed by atoms with Crippen LogP contribution < -0.4 is 0 Å². The predicted octanol–water partition coefficient (Wildman–Crippen LogP) is 0.385. The van der Waals surface area contributed by atoms with E-state index in [-0.39, 0.29) is 5.28 Å². The van der Waals surface area contributed by atoms with E-state index >= 15 is 0 Å². The first-order valence-electron chi connectivity index (χ1n) is 5.01. The summed E-state index contributed by atoms with van der Waals surface area (Å²) < 4.78 is 3.01. The van der Waals surface area contributed by atoms with Crippen molar-refractivity contribution in [1.29, 1.82) is 0 Å². The van der Waals surface area contributed by atoms with Crippen LogP contribution in [0.15, 0.2) is 29.3 Å². The normalized spacial score (nSPS) is 10.8. The molecule has 19 heavy (non-hydrogen) atoms. The number of aromatic nitrogens is 9. The Morgan fingerprint density at radius 3 is 2.74 bits per heavy atom. The molecule has 0 aromatic carbocycles. The summed E-state index contributed by atoms with van der Waals surface area (Å²) in [5.41, 5.74) is 0. The number of hydrogen-bond donors (Lipinski definition) is 0. The second kappa shape index (κ2) is 4.90. The molecule has 3 aromatic heterocycles. The summed E-state index contributed by atoms with van der Waals surface area (Å²) in [4.78, 5) is 20.1. The highest BCUT2D eigenvalue weighted by Gasteiger charge is 2.11. The van der Waals surface area contributed by atoms with E-state index in [0.29, 0.717) is 16.3 Å². The Kier molecular flexibility index (Phi) is 3.09. The zero-order valence-electron chi connectivity index (χ0n) is 9.54. The van der Waals surface area contributed by atoms with Gasteiger partial charge in [-0.3, -0.25) is 0 Å². The van der Waals surface area contributed by atoms with Gasteiger partial charge in [0.2, 0.25) is 10.4 Å². The van der Waals surface area contributed by atoms with Crippen LogP contribution in [0.4, 0.5) is 0 Å². The third-order valence-electron chi connectivity index (χ3n) is 2.05.